The molecule has 96 valence electrons. The zero-order chi connectivity index (χ0) is 13.3. The van der Waals surface area contributed by atoms with E-state index >= 15 is 0 Å². The van der Waals surface area contributed by atoms with Crippen molar-refractivity contribution in [1.82, 2.24) is 5.32 Å². The maximum Gasteiger partial charge on any atom is 0.0680 e. The van der Waals surface area contributed by atoms with Crippen LogP contribution in [0.1, 0.15) is 27.6 Å². The molecule has 2 aromatic rings. The molecule has 0 radical (unpaired) electrons. The molecule has 1 unspecified atom stereocenters. The highest BCUT2D eigenvalue weighted by atomic mass is 79.9. The first-order valence-corrected chi connectivity index (χ1v) is 8.18. The third kappa shape index (κ3) is 2.72. The quantitative estimate of drug-likeness (QED) is 0.761. The van der Waals surface area contributed by atoms with Crippen molar-refractivity contribution in [2.45, 2.75) is 19.9 Å². The zero-order valence-electron chi connectivity index (χ0n) is 10.6. The molecule has 0 aliphatic heterocycles. The minimum absolute atomic E-state index is 0.241. The fourth-order valence-corrected chi connectivity index (χ4v) is 4.07. The molecular weight excluding hydrogens is 374 g/mol. The maximum absolute atomic E-state index is 3.62. The molecule has 1 heterocycles. The van der Waals surface area contributed by atoms with Crippen LogP contribution >= 0.6 is 43.2 Å². The lowest BCUT2D eigenvalue weighted by molar-refractivity contribution is 0.700. The van der Waals surface area contributed by atoms with E-state index in [0.717, 1.165) is 0 Å². The molecule has 0 bridgehead atoms. The Balaban J connectivity index is 2.49. The smallest absolute Gasteiger partial charge is 0.0680 e. The van der Waals surface area contributed by atoms with E-state index < -0.39 is 0 Å². The number of thiophene rings is 1. The lowest BCUT2D eigenvalue weighted by Gasteiger charge is -2.18. The molecule has 0 fully saturated rings. The molecular formula is C14H15Br2NS. The molecule has 0 spiro atoms. The third-order valence-electron chi connectivity index (χ3n) is 2.99. The largest absolute Gasteiger partial charge is 0.309 e. The van der Waals surface area contributed by atoms with E-state index in [1.165, 1.54) is 30.5 Å². The fourth-order valence-electron chi connectivity index (χ4n) is 2.11. The Morgan fingerprint density at radius 1 is 1.17 bits per heavy atom. The summed E-state index contributed by atoms with van der Waals surface area (Å²) >= 11 is 9.01. The molecule has 2 rings (SSSR count). The fraction of sp³-hybridized carbons (Fsp3) is 0.286. The van der Waals surface area contributed by atoms with Gasteiger partial charge in [-0.25, -0.2) is 0 Å². The van der Waals surface area contributed by atoms with Crippen LogP contribution in [0, 0.1) is 13.8 Å². The molecule has 1 aromatic carbocycles. The van der Waals surface area contributed by atoms with Gasteiger partial charge in [0.1, 0.15) is 0 Å². The van der Waals surface area contributed by atoms with Crippen LogP contribution < -0.4 is 5.32 Å². The molecule has 1 aromatic heterocycles. The predicted octanol–water partition coefficient (Wildman–Crippen LogP) is 5.20. The summed E-state index contributed by atoms with van der Waals surface area (Å²) in [4.78, 5) is 1.32. The molecule has 0 saturated carbocycles. The Morgan fingerprint density at radius 3 is 2.22 bits per heavy atom. The molecule has 1 nitrogen and oxygen atoms in total. The molecule has 0 aliphatic carbocycles. The average molecular weight is 389 g/mol. The van der Waals surface area contributed by atoms with Gasteiger partial charge in [-0.05, 0) is 65.0 Å². The number of rotatable bonds is 3. The van der Waals surface area contributed by atoms with Crippen LogP contribution in [0.25, 0.3) is 0 Å². The van der Waals surface area contributed by atoms with Crippen molar-refractivity contribution in [1.29, 1.82) is 0 Å². The summed E-state index contributed by atoms with van der Waals surface area (Å²) < 4.78 is 2.37. The Kier molecular flexibility index (Phi) is 4.64. The predicted molar refractivity (Wildman–Crippen MR) is 86.5 cm³/mol. The van der Waals surface area contributed by atoms with Crippen molar-refractivity contribution in [2.75, 3.05) is 7.05 Å². The van der Waals surface area contributed by atoms with Gasteiger partial charge in [0.2, 0.25) is 0 Å². The van der Waals surface area contributed by atoms with Gasteiger partial charge in [-0.15, -0.1) is 11.3 Å². The second-order valence-electron chi connectivity index (χ2n) is 4.32. The lowest BCUT2D eigenvalue weighted by atomic mass is 10.0. The van der Waals surface area contributed by atoms with Crippen molar-refractivity contribution in [3.63, 3.8) is 0 Å². The molecule has 1 N–H and O–H groups in total. The van der Waals surface area contributed by atoms with Gasteiger partial charge in [0.25, 0.3) is 0 Å². The average Bonchev–Trinajstić information content (AvgIpc) is 2.74. The first-order chi connectivity index (χ1) is 8.54. The number of benzene rings is 1. The van der Waals surface area contributed by atoms with Gasteiger partial charge in [-0.3, -0.25) is 0 Å². The van der Waals surface area contributed by atoms with Crippen molar-refractivity contribution >= 4 is 43.2 Å². The second-order valence-corrected chi connectivity index (χ2v) is 6.92. The Bertz CT molecular complexity index is 540. The highest BCUT2D eigenvalue weighted by molar-refractivity contribution is 9.10. The number of hydrogen-bond acceptors (Lipinski definition) is 2. The zero-order valence-corrected chi connectivity index (χ0v) is 14.5. The van der Waals surface area contributed by atoms with Crippen LogP contribution in [0.15, 0.2) is 32.5 Å². The van der Waals surface area contributed by atoms with E-state index in [1.807, 2.05) is 7.05 Å². The number of aryl methyl sites for hydroxylation is 2. The van der Waals surface area contributed by atoms with Gasteiger partial charge >= 0.3 is 0 Å². The minimum Gasteiger partial charge on any atom is -0.309 e. The summed E-state index contributed by atoms with van der Waals surface area (Å²) in [5, 5.41) is 5.51. The summed E-state index contributed by atoms with van der Waals surface area (Å²) in [5.41, 5.74) is 3.86. The lowest BCUT2D eigenvalue weighted by Crippen LogP contribution is -2.17. The standard InChI is InChI=1S/C14H15Br2NS/c1-8-6-10(7-9(2)12(8)16)13(17-3)14-11(15)4-5-18-14/h4-7,13,17H,1-3H3. The SMILES string of the molecule is CNC(c1cc(C)c(Br)c(C)c1)c1sccc1Br. The van der Waals surface area contributed by atoms with Crippen molar-refractivity contribution in [3.8, 4) is 0 Å². The monoisotopic (exact) mass is 387 g/mol. The van der Waals surface area contributed by atoms with Crippen LogP contribution in [0.3, 0.4) is 0 Å². The molecule has 0 saturated heterocycles. The van der Waals surface area contributed by atoms with Crippen molar-refractivity contribution in [2.24, 2.45) is 0 Å². The van der Waals surface area contributed by atoms with Gasteiger partial charge < -0.3 is 5.32 Å². The van der Waals surface area contributed by atoms with E-state index in [0.29, 0.717) is 0 Å². The number of hydrogen-bond donors (Lipinski definition) is 1. The normalized spacial score (nSPS) is 12.7. The van der Waals surface area contributed by atoms with Crippen LogP contribution in [0.4, 0.5) is 0 Å². The Morgan fingerprint density at radius 2 is 1.78 bits per heavy atom. The Labute approximate surface area is 129 Å². The van der Waals surface area contributed by atoms with Gasteiger partial charge in [0.05, 0.1) is 6.04 Å². The third-order valence-corrected chi connectivity index (χ3v) is 6.17. The summed E-state index contributed by atoms with van der Waals surface area (Å²) in [6, 6.07) is 6.82. The van der Waals surface area contributed by atoms with Gasteiger partial charge in [-0.1, -0.05) is 28.1 Å². The van der Waals surface area contributed by atoms with E-state index in [4.69, 9.17) is 0 Å². The Hall–Kier alpha value is -0.160. The maximum atomic E-state index is 3.62. The topological polar surface area (TPSA) is 12.0 Å². The van der Waals surface area contributed by atoms with Crippen molar-refractivity contribution in [3.05, 3.63) is 54.1 Å². The summed E-state index contributed by atoms with van der Waals surface area (Å²) in [6.45, 7) is 4.27. The van der Waals surface area contributed by atoms with E-state index in [1.54, 1.807) is 11.3 Å². The molecule has 18 heavy (non-hydrogen) atoms. The van der Waals surface area contributed by atoms with Crippen LogP contribution in [-0.4, -0.2) is 7.05 Å². The first-order valence-electron chi connectivity index (χ1n) is 5.71. The molecule has 0 amide bonds. The number of nitrogens with one attached hydrogen (secondary N) is 1. The second kappa shape index (κ2) is 5.87. The summed E-state index contributed by atoms with van der Waals surface area (Å²) in [6.07, 6.45) is 0. The summed E-state index contributed by atoms with van der Waals surface area (Å²) in [7, 11) is 2.00. The van der Waals surface area contributed by atoms with Crippen molar-refractivity contribution < 1.29 is 0 Å². The van der Waals surface area contributed by atoms with Crippen LogP contribution in [-0.2, 0) is 0 Å². The van der Waals surface area contributed by atoms with E-state index in [2.05, 4.69) is 74.6 Å². The number of halogens is 2. The minimum atomic E-state index is 0.241. The highest BCUT2D eigenvalue weighted by Gasteiger charge is 2.17. The van der Waals surface area contributed by atoms with Gasteiger partial charge in [0.15, 0.2) is 0 Å². The highest BCUT2D eigenvalue weighted by Crippen LogP contribution is 2.35. The molecule has 1 atom stereocenters. The van der Waals surface area contributed by atoms with E-state index in [-0.39, 0.29) is 6.04 Å². The first kappa shape index (κ1) is 14.3. The van der Waals surface area contributed by atoms with Crippen LogP contribution in [0.5, 0.6) is 0 Å². The van der Waals surface area contributed by atoms with Crippen LogP contribution in [0.2, 0.25) is 0 Å². The molecule has 4 heteroatoms. The summed E-state index contributed by atoms with van der Waals surface area (Å²) in [5.74, 6) is 0. The molecule has 0 aliphatic rings. The van der Waals surface area contributed by atoms with Gasteiger partial charge in [-0.2, -0.15) is 0 Å². The van der Waals surface area contributed by atoms with Gasteiger partial charge in [0, 0.05) is 13.8 Å². The van der Waals surface area contributed by atoms with E-state index in [9.17, 15) is 0 Å².